The number of carbonyl (C=O) groups excluding carboxylic acids is 1. The Morgan fingerprint density at radius 3 is 2.48 bits per heavy atom. The second-order valence-electron chi connectivity index (χ2n) is 7.40. The summed E-state index contributed by atoms with van der Waals surface area (Å²) in [6.45, 7) is 5.51. The number of aromatic nitrogens is 1. The van der Waals surface area contributed by atoms with E-state index in [1.807, 2.05) is 73.7 Å². The van der Waals surface area contributed by atoms with Crippen LogP contribution in [-0.4, -0.2) is 16.5 Å². The van der Waals surface area contributed by atoms with E-state index >= 15 is 0 Å². The fourth-order valence-electron chi connectivity index (χ4n) is 2.99. The Hall–Kier alpha value is -3.18. The summed E-state index contributed by atoms with van der Waals surface area (Å²) in [6, 6.07) is 23.5. The zero-order valence-corrected chi connectivity index (χ0v) is 17.4. The van der Waals surface area contributed by atoms with Crippen molar-refractivity contribution >= 4 is 33.1 Å². The molecular weight excluding hydrogens is 380 g/mol. The van der Waals surface area contributed by atoms with E-state index in [0.29, 0.717) is 5.75 Å². The van der Waals surface area contributed by atoms with Crippen LogP contribution in [0.15, 0.2) is 72.8 Å². The van der Waals surface area contributed by atoms with Gasteiger partial charge in [-0.05, 0) is 56.7 Å². The van der Waals surface area contributed by atoms with Gasteiger partial charge < -0.3 is 10.1 Å². The zero-order valence-electron chi connectivity index (χ0n) is 16.6. The Labute approximate surface area is 174 Å². The van der Waals surface area contributed by atoms with Gasteiger partial charge in [0.15, 0.2) is 5.60 Å². The Morgan fingerprint density at radius 1 is 1.00 bits per heavy atom. The number of thiazole rings is 1. The summed E-state index contributed by atoms with van der Waals surface area (Å²) in [7, 11) is 0. The average molecular weight is 403 g/mol. The van der Waals surface area contributed by atoms with E-state index in [-0.39, 0.29) is 5.91 Å². The second kappa shape index (κ2) is 7.68. The monoisotopic (exact) mass is 402 g/mol. The molecule has 0 aliphatic heterocycles. The van der Waals surface area contributed by atoms with Crippen LogP contribution in [-0.2, 0) is 4.79 Å². The summed E-state index contributed by atoms with van der Waals surface area (Å²) in [5, 5.41) is 3.96. The van der Waals surface area contributed by atoms with E-state index in [9.17, 15) is 4.79 Å². The van der Waals surface area contributed by atoms with Gasteiger partial charge in [0.05, 0.1) is 10.2 Å². The number of hydrogen-bond acceptors (Lipinski definition) is 4. The van der Waals surface area contributed by atoms with Gasteiger partial charge in [-0.2, -0.15) is 0 Å². The number of para-hydroxylation sites is 2. The van der Waals surface area contributed by atoms with Gasteiger partial charge in [-0.1, -0.05) is 42.5 Å². The van der Waals surface area contributed by atoms with Crippen molar-refractivity contribution in [1.82, 2.24) is 4.98 Å². The average Bonchev–Trinajstić information content (AvgIpc) is 3.14. The number of nitrogens with one attached hydrogen (secondary N) is 1. The third-order valence-corrected chi connectivity index (χ3v) is 5.78. The molecular formula is C24H22N2O2S. The molecule has 1 heterocycles. The minimum Gasteiger partial charge on any atom is -0.478 e. The molecule has 4 rings (SSSR count). The lowest BCUT2D eigenvalue weighted by atomic mass is 10.1. The predicted molar refractivity (Wildman–Crippen MR) is 120 cm³/mol. The summed E-state index contributed by atoms with van der Waals surface area (Å²) < 4.78 is 7.05. The van der Waals surface area contributed by atoms with Crippen LogP contribution in [0.5, 0.6) is 5.75 Å². The number of carbonyl (C=O) groups is 1. The molecule has 0 saturated carbocycles. The molecule has 146 valence electrons. The summed E-state index contributed by atoms with van der Waals surface area (Å²) in [4.78, 5) is 17.6. The Kier molecular flexibility index (Phi) is 5.07. The van der Waals surface area contributed by atoms with E-state index in [4.69, 9.17) is 9.72 Å². The van der Waals surface area contributed by atoms with Crippen molar-refractivity contribution < 1.29 is 9.53 Å². The Bertz CT molecular complexity index is 1130. The quantitative estimate of drug-likeness (QED) is 0.441. The van der Waals surface area contributed by atoms with Crippen molar-refractivity contribution in [2.45, 2.75) is 26.4 Å². The van der Waals surface area contributed by atoms with Crippen LogP contribution >= 0.6 is 11.3 Å². The largest absolute Gasteiger partial charge is 0.478 e. The van der Waals surface area contributed by atoms with Crippen LogP contribution < -0.4 is 10.1 Å². The number of fused-ring (bicyclic) bond motifs is 1. The van der Waals surface area contributed by atoms with Gasteiger partial charge in [0.2, 0.25) is 0 Å². The van der Waals surface area contributed by atoms with Crippen molar-refractivity contribution in [3.63, 3.8) is 0 Å². The minimum absolute atomic E-state index is 0.203. The number of ether oxygens (including phenoxy) is 1. The molecule has 0 aliphatic rings. The molecule has 1 N–H and O–H groups in total. The van der Waals surface area contributed by atoms with E-state index in [1.165, 1.54) is 0 Å². The lowest BCUT2D eigenvalue weighted by Crippen LogP contribution is -2.42. The SMILES string of the molecule is Cc1ccc(-c2nc3ccccc3s2)cc1NC(=O)C(C)(C)Oc1ccccc1. The van der Waals surface area contributed by atoms with E-state index in [1.54, 1.807) is 25.2 Å². The highest BCUT2D eigenvalue weighted by atomic mass is 32.1. The molecule has 0 radical (unpaired) electrons. The molecule has 29 heavy (non-hydrogen) atoms. The molecule has 0 unspecified atom stereocenters. The van der Waals surface area contributed by atoms with Crippen LogP contribution in [0.3, 0.4) is 0 Å². The highest BCUT2D eigenvalue weighted by Gasteiger charge is 2.30. The van der Waals surface area contributed by atoms with Crippen molar-refractivity contribution in [3.05, 3.63) is 78.4 Å². The summed E-state index contributed by atoms with van der Waals surface area (Å²) >= 11 is 1.64. The molecule has 1 aromatic heterocycles. The molecule has 5 heteroatoms. The maximum absolute atomic E-state index is 12.9. The van der Waals surface area contributed by atoms with Gasteiger partial charge in [-0.3, -0.25) is 4.79 Å². The van der Waals surface area contributed by atoms with Gasteiger partial charge in [0, 0.05) is 11.3 Å². The molecule has 3 aromatic carbocycles. The first-order valence-corrected chi connectivity index (χ1v) is 10.3. The molecule has 0 spiro atoms. The number of rotatable bonds is 5. The van der Waals surface area contributed by atoms with E-state index in [0.717, 1.165) is 32.0 Å². The Morgan fingerprint density at radius 2 is 1.72 bits per heavy atom. The summed E-state index contributed by atoms with van der Waals surface area (Å²) in [5.41, 5.74) is 2.69. The zero-order chi connectivity index (χ0) is 20.4. The van der Waals surface area contributed by atoms with Crippen LogP contribution in [0.2, 0.25) is 0 Å². The molecule has 4 aromatic rings. The van der Waals surface area contributed by atoms with Gasteiger partial charge >= 0.3 is 0 Å². The number of anilines is 1. The van der Waals surface area contributed by atoms with Gasteiger partial charge in [-0.25, -0.2) is 4.98 Å². The predicted octanol–water partition coefficient (Wildman–Crippen LogP) is 6.07. The van der Waals surface area contributed by atoms with Gasteiger partial charge in [0.25, 0.3) is 5.91 Å². The smallest absolute Gasteiger partial charge is 0.267 e. The van der Waals surface area contributed by atoms with Crippen molar-refractivity contribution in [1.29, 1.82) is 0 Å². The van der Waals surface area contributed by atoms with Crippen LogP contribution in [0.25, 0.3) is 20.8 Å². The first-order chi connectivity index (χ1) is 13.9. The standard InChI is InChI=1S/C24H22N2O2S/c1-16-13-14-17(22-25-19-11-7-8-12-21(19)29-22)15-20(16)26-23(27)24(2,3)28-18-9-5-4-6-10-18/h4-15H,1-3H3,(H,26,27). The number of nitrogens with zero attached hydrogens (tertiary/aromatic N) is 1. The van der Waals surface area contributed by atoms with Gasteiger partial charge in [0.1, 0.15) is 10.8 Å². The normalized spacial score (nSPS) is 11.4. The maximum Gasteiger partial charge on any atom is 0.267 e. The third-order valence-electron chi connectivity index (χ3n) is 4.69. The molecule has 0 fully saturated rings. The lowest BCUT2D eigenvalue weighted by Gasteiger charge is -2.25. The molecule has 0 saturated heterocycles. The van der Waals surface area contributed by atoms with Crippen LogP contribution in [0, 0.1) is 6.92 Å². The van der Waals surface area contributed by atoms with Crippen molar-refractivity contribution in [2.24, 2.45) is 0 Å². The van der Waals surface area contributed by atoms with Crippen molar-refractivity contribution in [3.8, 4) is 16.3 Å². The first-order valence-electron chi connectivity index (χ1n) is 9.44. The number of aryl methyl sites for hydroxylation is 1. The van der Waals surface area contributed by atoms with Crippen LogP contribution in [0.4, 0.5) is 5.69 Å². The summed E-state index contributed by atoms with van der Waals surface area (Å²) in [6.07, 6.45) is 0. The number of hydrogen-bond donors (Lipinski definition) is 1. The Balaban J connectivity index is 1.58. The van der Waals surface area contributed by atoms with Crippen LogP contribution in [0.1, 0.15) is 19.4 Å². The lowest BCUT2D eigenvalue weighted by molar-refractivity contribution is -0.128. The minimum atomic E-state index is -1.01. The maximum atomic E-state index is 12.9. The van der Waals surface area contributed by atoms with E-state index < -0.39 is 5.60 Å². The number of benzene rings is 3. The van der Waals surface area contributed by atoms with E-state index in [2.05, 4.69) is 11.4 Å². The van der Waals surface area contributed by atoms with Crippen molar-refractivity contribution in [2.75, 3.05) is 5.32 Å². The topological polar surface area (TPSA) is 51.2 Å². The second-order valence-corrected chi connectivity index (χ2v) is 8.43. The molecule has 1 amide bonds. The molecule has 0 atom stereocenters. The first kappa shape index (κ1) is 19.2. The molecule has 0 bridgehead atoms. The molecule has 0 aliphatic carbocycles. The fourth-order valence-corrected chi connectivity index (χ4v) is 3.95. The highest BCUT2D eigenvalue weighted by Crippen LogP contribution is 2.32. The summed E-state index contributed by atoms with van der Waals surface area (Å²) in [5.74, 6) is 0.457. The highest BCUT2D eigenvalue weighted by molar-refractivity contribution is 7.21. The number of amides is 1. The third kappa shape index (κ3) is 4.15. The molecule has 4 nitrogen and oxygen atoms in total. The fraction of sp³-hybridized carbons (Fsp3) is 0.167. The van der Waals surface area contributed by atoms with Gasteiger partial charge in [-0.15, -0.1) is 11.3 Å².